The second kappa shape index (κ2) is 6.71. The topological polar surface area (TPSA) is 17.1 Å². The Morgan fingerprint density at radius 1 is 1.20 bits per heavy atom. The molecule has 0 aliphatic heterocycles. The van der Waals surface area contributed by atoms with Crippen molar-refractivity contribution in [2.24, 2.45) is 11.8 Å². The quantitative estimate of drug-likeness (QED) is 0.713. The number of carbonyl (C=O) groups excluding carboxylic acids is 1. The summed E-state index contributed by atoms with van der Waals surface area (Å²) in [5, 5.41) is 1.80. The van der Waals surface area contributed by atoms with Crippen molar-refractivity contribution in [2.45, 2.75) is 58.5 Å². The van der Waals surface area contributed by atoms with Crippen molar-refractivity contribution < 1.29 is 4.79 Å². The number of benzene rings is 1. The molecule has 1 aliphatic carbocycles. The van der Waals surface area contributed by atoms with Crippen LogP contribution in [0.1, 0.15) is 45.4 Å². The molecule has 1 aliphatic rings. The van der Waals surface area contributed by atoms with Gasteiger partial charge < -0.3 is 4.79 Å². The molecule has 0 heterocycles. The Labute approximate surface area is 124 Å². The van der Waals surface area contributed by atoms with E-state index in [1.807, 2.05) is 6.07 Å². The molecular formula is C18H28OSi. The van der Waals surface area contributed by atoms with Crippen molar-refractivity contribution in [3.05, 3.63) is 30.3 Å². The lowest BCUT2D eigenvalue weighted by Crippen LogP contribution is -2.49. The van der Waals surface area contributed by atoms with E-state index in [4.69, 9.17) is 0 Å². The average molecular weight is 289 g/mol. The van der Waals surface area contributed by atoms with Crippen LogP contribution in [0.5, 0.6) is 0 Å². The van der Waals surface area contributed by atoms with E-state index in [9.17, 15) is 4.79 Å². The van der Waals surface area contributed by atoms with Crippen molar-refractivity contribution in [3.63, 3.8) is 0 Å². The third-order valence-corrected chi connectivity index (χ3v) is 8.63. The number of hydrogen-bond donors (Lipinski definition) is 0. The fraction of sp³-hybridized carbons (Fsp3) is 0.611. The lowest BCUT2D eigenvalue weighted by atomic mass is 9.93. The van der Waals surface area contributed by atoms with Gasteiger partial charge in [0.1, 0.15) is 5.41 Å². The molecule has 0 spiro atoms. The molecule has 2 atom stereocenters. The number of carbonyl (C=O) groups is 1. The standard InChI is InChI=1S/C18H28OSi/c1-15-9-7-10-16(15)11-8-14-18(19)20(2,3)17-12-5-4-6-13-17/h4-6,12-13,15-16H,7-11,14H2,1-3H3. The number of rotatable bonds is 6. The summed E-state index contributed by atoms with van der Waals surface area (Å²) in [5.74, 6) is 1.76. The Morgan fingerprint density at radius 2 is 1.90 bits per heavy atom. The summed E-state index contributed by atoms with van der Waals surface area (Å²) in [5.41, 5.74) is 0. The minimum absolute atomic E-state index is 0.523. The third-order valence-electron chi connectivity index (χ3n) is 5.21. The van der Waals surface area contributed by atoms with Gasteiger partial charge in [0.05, 0.1) is 0 Å². The normalized spacial score (nSPS) is 22.9. The largest absolute Gasteiger partial charge is 0.305 e. The Balaban J connectivity index is 1.85. The van der Waals surface area contributed by atoms with E-state index in [2.05, 4.69) is 44.3 Å². The highest BCUT2D eigenvalue weighted by Crippen LogP contribution is 2.34. The summed E-state index contributed by atoms with van der Waals surface area (Å²) < 4.78 is 0. The zero-order valence-corrected chi connectivity index (χ0v) is 14.2. The minimum atomic E-state index is -1.92. The molecule has 1 nitrogen and oxygen atoms in total. The van der Waals surface area contributed by atoms with Gasteiger partial charge in [0.15, 0.2) is 8.07 Å². The zero-order chi connectivity index (χ0) is 14.6. The summed E-state index contributed by atoms with van der Waals surface area (Å²) in [7, 11) is -1.92. The molecule has 0 aromatic heterocycles. The van der Waals surface area contributed by atoms with Gasteiger partial charge in [0.2, 0.25) is 0 Å². The Kier molecular flexibility index (Phi) is 5.20. The summed E-state index contributed by atoms with van der Waals surface area (Å²) >= 11 is 0. The zero-order valence-electron chi connectivity index (χ0n) is 13.2. The van der Waals surface area contributed by atoms with Crippen LogP contribution in [0.2, 0.25) is 13.1 Å². The molecule has 0 amide bonds. The predicted octanol–water partition coefficient (Wildman–Crippen LogP) is 4.32. The van der Waals surface area contributed by atoms with Gasteiger partial charge in [-0.1, -0.05) is 74.8 Å². The molecule has 0 bridgehead atoms. The first-order valence-electron chi connectivity index (χ1n) is 8.10. The fourth-order valence-electron chi connectivity index (χ4n) is 3.50. The van der Waals surface area contributed by atoms with Gasteiger partial charge in [-0.2, -0.15) is 0 Å². The van der Waals surface area contributed by atoms with Crippen LogP contribution in [0.4, 0.5) is 0 Å². The van der Waals surface area contributed by atoms with Gasteiger partial charge in [0, 0.05) is 6.42 Å². The van der Waals surface area contributed by atoms with Crippen LogP contribution >= 0.6 is 0 Å². The average Bonchev–Trinajstić information content (AvgIpc) is 2.85. The van der Waals surface area contributed by atoms with Crippen LogP contribution in [-0.2, 0) is 4.79 Å². The highest BCUT2D eigenvalue weighted by atomic mass is 28.3. The van der Waals surface area contributed by atoms with Gasteiger partial charge in [-0.25, -0.2) is 0 Å². The van der Waals surface area contributed by atoms with Gasteiger partial charge in [0.25, 0.3) is 0 Å². The molecule has 1 aromatic carbocycles. The van der Waals surface area contributed by atoms with Crippen molar-refractivity contribution in [3.8, 4) is 0 Å². The molecule has 20 heavy (non-hydrogen) atoms. The lowest BCUT2D eigenvalue weighted by Gasteiger charge is -2.22. The van der Waals surface area contributed by atoms with Gasteiger partial charge in [-0.3, -0.25) is 0 Å². The van der Waals surface area contributed by atoms with Gasteiger partial charge >= 0.3 is 0 Å². The lowest BCUT2D eigenvalue weighted by molar-refractivity contribution is -0.112. The second-order valence-corrected chi connectivity index (χ2v) is 11.4. The Hall–Kier alpha value is -0.893. The molecular weight excluding hydrogens is 260 g/mol. The van der Waals surface area contributed by atoms with Gasteiger partial charge in [-0.05, 0) is 24.7 Å². The Morgan fingerprint density at radius 3 is 2.50 bits per heavy atom. The second-order valence-electron chi connectivity index (χ2n) is 6.97. The molecule has 0 saturated heterocycles. The molecule has 0 radical (unpaired) electrons. The first kappa shape index (κ1) is 15.5. The maximum Gasteiger partial charge on any atom is 0.157 e. The first-order valence-corrected chi connectivity index (χ1v) is 11.1. The maximum atomic E-state index is 12.6. The minimum Gasteiger partial charge on any atom is -0.305 e. The summed E-state index contributed by atoms with van der Waals surface area (Å²) in [4.78, 5) is 12.6. The molecule has 110 valence electrons. The number of hydrogen-bond acceptors (Lipinski definition) is 1. The van der Waals surface area contributed by atoms with Crippen molar-refractivity contribution in [2.75, 3.05) is 0 Å². The van der Waals surface area contributed by atoms with Crippen molar-refractivity contribution in [1.29, 1.82) is 0 Å². The smallest absolute Gasteiger partial charge is 0.157 e. The van der Waals surface area contributed by atoms with E-state index in [-0.39, 0.29) is 0 Å². The highest BCUT2D eigenvalue weighted by molar-refractivity contribution is 7.13. The molecule has 2 unspecified atom stereocenters. The SMILES string of the molecule is CC1CCCC1CCCC(=O)[Si](C)(C)c1ccccc1. The van der Waals surface area contributed by atoms with Crippen LogP contribution in [0, 0.1) is 11.8 Å². The van der Waals surface area contributed by atoms with Crippen LogP contribution in [-0.4, -0.2) is 13.5 Å². The molecule has 2 rings (SSSR count). The van der Waals surface area contributed by atoms with Crippen LogP contribution in [0.25, 0.3) is 0 Å². The molecule has 1 aromatic rings. The van der Waals surface area contributed by atoms with Crippen LogP contribution in [0.3, 0.4) is 0 Å². The summed E-state index contributed by atoms with van der Waals surface area (Å²) in [6.45, 7) is 6.77. The monoisotopic (exact) mass is 288 g/mol. The van der Waals surface area contributed by atoms with E-state index < -0.39 is 8.07 Å². The highest BCUT2D eigenvalue weighted by Gasteiger charge is 2.32. The first-order chi connectivity index (χ1) is 9.51. The van der Waals surface area contributed by atoms with Crippen LogP contribution in [0.15, 0.2) is 30.3 Å². The third kappa shape index (κ3) is 3.60. The van der Waals surface area contributed by atoms with Gasteiger partial charge in [-0.15, -0.1) is 0 Å². The molecule has 0 N–H and O–H groups in total. The molecule has 1 fully saturated rings. The Bertz CT molecular complexity index is 438. The van der Waals surface area contributed by atoms with E-state index >= 15 is 0 Å². The molecule has 1 saturated carbocycles. The van der Waals surface area contributed by atoms with Crippen LogP contribution < -0.4 is 5.19 Å². The van der Waals surface area contributed by atoms with E-state index in [0.717, 1.165) is 24.7 Å². The van der Waals surface area contributed by atoms with E-state index in [1.54, 1.807) is 0 Å². The van der Waals surface area contributed by atoms with Crippen molar-refractivity contribution >= 4 is 18.7 Å². The maximum absolute atomic E-state index is 12.6. The summed E-state index contributed by atoms with van der Waals surface area (Å²) in [6.07, 6.45) is 7.31. The van der Waals surface area contributed by atoms with E-state index in [1.165, 1.54) is 30.9 Å². The predicted molar refractivity (Wildman–Crippen MR) is 88.9 cm³/mol. The molecule has 2 heteroatoms. The fourth-order valence-corrected chi connectivity index (χ4v) is 5.65. The van der Waals surface area contributed by atoms with Crippen molar-refractivity contribution in [1.82, 2.24) is 0 Å². The summed E-state index contributed by atoms with van der Waals surface area (Å²) in [6, 6.07) is 10.4. The van der Waals surface area contributed by atoms with E-state index in [0.29, 0.717) is 5.41 Å².